The monoisotopic (exact) mass is 603 g/mol. The third kappa shape index (κ3) is 7.99. The van der Waals surface area contributed by atoms with E-state index in [-0.39, 0.29) is 23.2 Å². The number of fused-ring (bicyclic) bond motifs is 1. The normalized spacial score (nSPS) is 17.1. The van der Waals surface area contributed by atoms with E-state index in [1.807, 2.05) is 44.2 Å². The van der Waals surface area contributed by atoms with Gasteiger partial charge in [-0.3, -0.25) is 19.7 Å². The molecular weight excluding hydrogens is 558 g/mol. The lowest BCUT2D eigenvalue weighted by atomic mass is 9.93. The molecule has 6 N–H and O–H groups in total. The van der Waals surface area contributed by atoms with Crippen LogP contribution in [0.3, 0.4) is 0 Å². The molecule has 0 aliphatic carbocycles. The van der Waals surface area contributed by atoms with Crippen LogP contribution < -0.4 is 26.0 Å². The molecule has 4 unspecified atom stereocenters. The SMILES string of the molecule is COc1cccc2[nH]c(C(=O)NC(CC(C)C)C(=O)NC(CC3CCNC3=O)C(C#N)NCc3ccc(C(C)(C)C)[nH]3)cc12. The van der Waals surface area contributed by atoms with Gasteiger partial charge in [0.15, 0.2) is 0 Å². The van der Waals surface area contributed by atoms with Crippen molar-refractivity contribution in [3.8, 4) is 11.8 Å². The van der Waals surface area contributed by atoms with E-state index in [4.69, 9.17) is 4.74 Å². The highest BCUT2D eigenvalue weighted by Crippen LogP contribution is 2.26. The molecule has 4 atom stereocenters. The van der Waals surface area contributed by atoms with E-state index in [0.29, 0.717) is 43.8 Å². The van der Waals surface area contributed by atoms with Gasteiger partial charge in [0.1, 0.15) is 23.5 Å². The van der Waals surface area contributed by atoms with Gasteiger partial charge in [0.05, 0.1) is 19.2 Å². The number of carbonyl (C=O) groups is 3. The van der Waals surface area contributed by atoms with Crippen LogP contribution in [0.4, 0.5) is 0 Å². The molecule has 1 aliphatic heterocycles. The summed E-state index contributed by atoms with van der Waals surface area (Å²) in [6.07, 6.45) is 1.32. The van der Waals surface area contributed by atoms with Gasteiger partial charge >= 0.3 is 0 Å². The summed E-state index contributed by atoms with van der Waals surface area (Å²) in [7, 11) is 1.57. The molecule has 236 valence electrons. The van der Waals surface area contributed by atoms with Crippen molar-refractivity contribution in [1.29, 1.82) is 5.26 Å². The molecule has 1 fully saturated rings. The topological polar surface area (TPSA) is 164 Å². The van der Waals surface area contributed by atoms with Crippen LogP contribution in [0.1, 0.15) is 75.8 Å². The summed E-state index contributed by atoms with van der Waals surface area (Å²) in [5, 5.41) is 23.0. The van der Waals surface area contributed by atoms with Crippen LogP contribution in [0.25, 0.3) is 10.9 Å². The zero-order valence-corrected chi connectivity index (χ0v) is 26.5. The number of ether oxygens (including phenoxy) is 1. The molecule has 1 aromatic carbocycles. The lowest BCUT2D eigenvalue weighted by molar-refractivity contribution is -0.126. The largest absolute Gasteiger partial charge is 0.496 e. The standard InChI is InChI=1S/C33H45N7O4/c1-19(2)14-25(40-32(43)26-16-22-23(38-26)8-7-9-28(22)44-6)31(42)39-24(15-20-12-13-35-30(20)41)27(17-34)36-18-21-10-11-29(37-21)33(3,4)5/h7-11,16,19-20,24-25,27,36-38H,12-15,18H2,1-6H3,(H,35,41)(H,39,42)(H,40,43). The number of rotatable bonds is 13. The lowest BCUT2D eigenvalue weighted by Crippen LogP contribution is -2.56. The first-order valence-corrected chi connectivity index (χ1v) is 15.3. The number of aromatic nitrogens is 2. The van der Waals surface area contributed by atoms with Gasteiger partial charge in [0.2, 0.25) is 11.8 Å². The predicted octanol–water partition coefficient (Wildman–Crippen LogP) is 3.64. The predicted molar refractivity (Wildman–Crippen MR) is 169 cm³/mol. The molecule has 0 radical (unpaired) electrons. The minimum Gasteiger partial charge on any atom is -0.496 e. The van der Waals surface area contributed by atoms with Gasteiger partial charge in [-0.05, 0) is 55.5 Å². The number of nitriles is 1. The summed E-state index contributed by atoms with van der Waals surface area (Å²) in [4.78, 5) is 46.1. The van der Waals surface area contributed by atoms with Gasteiger partial charge in [-0.1, -0.05) is 40.7 Å². The number of hydrogen-bond acceptors (Lipinski definition) is 6. The third-order valence-electron chi connectivity index (χ3n) is 8.05. The van der Waals surface area contributed by atoms with Crippen LogP contribution in [0.2, 0.25) is 0 Å². The van der Waals surface area contributed by atoms with Crippen molar-refractivity contribution >= 4 is 28.6 Å². The van der Waals surface area contributed by atoms with Crippen LogP contribution in [0, 0.1) is 23.2 Å². The first-order valence-electron chi connectivity index (χ1n) is 15.3. The molecule has 0 saturated carbocycles. The average Bonchev–Trinajstić information content (AvgIpc) is 3.72. The highest BCUT2D eigenvalue weighted by Gasteiger charge is 2.34. The maximum Gasteiger partial charge on any atom is 0.268 e. The Morgan fingerprint density at radius 3 is 2.52 bits per heavy atom. The molecule has 0 spiro atoms. The second kappa shape index (κ2) is 14.0. The maximum absolute atomic E-state index is 13.8. The highest BCUT2D eigenvalue weighted by atomic mass is 16.5. The average molecular weight is 604 g/mol. The first-order chi connectivity index (χ1) is 20.9. The first kappa shape index (κ1) is 32.6. The zero-order chi connectivity index (χ0) is 32.0. The van der Waals surface area contributed by atoms with Crippen molar-refractivity contribution < 1.29 is 19.1 Å². The molecule has 1 aliphatic rings. The quantitative estimate of drug-likeness (QED) is 0.175. The number of benzene rings is 1. The molecule has 3 amide bonds. The van der Waals surface area contributed by atoms with Crippen LogP contribution in [0.5, 0.6) is 5.75 Å². The Hall–Kier alpha value is -4.30. The molecule has 3 heterocycles. The number of nitrogens with zero attached hydrogens (tertiary/aromatic N) is 1. The Labute approximate surface area is 258 Å². The summed E-state index contributed by atoms with van der Waals surface area (Å²) >= 11 is 0. The molecule has 11 heteroatoms. The van der Waals surface area contributed by atoms with Crippen molar-refractivity contribution in [2.75, 3.05) is 13.7 Å². The van der Waals surface area contributed by atoms with Gasteiger partial charge in [0.25, 0.3) is 5.91 Å². The molecule has 3 aromatic rings. The summed E-state index contributed by atoms with van der Waals surface area (Å²) < 4.78 is 5.42. The number of hydrogen-bond donors (Lipinski definition) is 6. The van der Waals surface area contributed by atoms with Gasteiger partial charge in [-0.15, -0.1) is 0 Å². The van der Waals surface area contributed by atoms with E-state index in [1.54, 1.807) is 13.2 Å². The van der Waals surface area contributed by atoms with Crippen molar-refractivity contribution in [3.05, 3.63) is 53.5 Å². The molecule has 44 heavy (non-hydrogen) atoms. The van der Waals surface area contributed by atoms with E-state index in [9.17, 15) is 19.6 Å². The number of H-pyrrole nitrogens is 2. The number of methoxy groups -OCH3 is 1. The van der Waals surface area contributed by atoms with Gasteiger partial charge in [-0.25, -0.2) is 0 Å². The smallest absolute Gasteiger partial charge is 0.268 e. The minimum absolute atomic E-state index is 0.0476. The second-order valence-electron chi connectivity index (χ2n) is 13.0. The summed E-state index contributed by atoms with van der Waals surface area (Å²) in [6, 6.07) is 11.2. The van der Waals surface area contributed by atoms with E-state index < -0.39 is 29.9 Å². The van der Waals surface area contributed by atoms with Crippen molar-refractivity contribution in [3.63, 3.8) is 0 Å². The Kier molecular flexibility index (Phi) is 10.4. The Morgan fingerprint density at radius 2 is 1.91 bits per heavy atom. The summed E-state index contributed by atoms with van der Waals surface area (Å²) in [6.45, 7) is 11.3. The summed E-state index contributed by atoms with van der Waals surface area (Å²) in [5.41, 5.74) is 3.00. The fourth-order valence-corrected chi connectivity index (χ4v) is 5.58. The molecule has 1 saturated heterocycles. The molecular formula is C33H45N7O4. The summed E-state index contributed by atoms with van der Waals surface area (Å²) in [5.74, 6) is -0.496. The van der Waals surface area contributed by atoms with Gasteiger partial charge < -0.3 is 30.7 Å². The molecule has 11 nitrogen and oxygen atoms in total. The zero-order valence-electron chi connectivity index (χ0n) is 26.5. The van der Waals surface area contributed by atoms with E-state index in [2.05, 4.69) is 58.1 Å². The Morgan fingerprint density at radius 1 is 1.14 bits per heavy atom. The van der Waals surface area contributed by atoms with E-state index in [0.717, 1.165) is 22.3 Å². The van der Waals surface area contributed by atoms with Crippen LogP contribution in [0.15, 0.2) is 36.4 Å². The number of carbonyl (C=O) groups excluding carboxylic acids is 3. The van der Waals surface area contributed by atoms with Gasteiger partial charge in [0, 0.05) is 46.7 Å². The lowest BCUT2D eigenvalue weighted by Gasteiger charge is -2.28. The highest BCUT2D eigenvalue weighted by molar-refractivity contribution is 6.01. The van der Waals surface area contributed by atoms with Gasteiger partial charge in [-0.2, -0.15) is 5.26 Å². The number of aromatic amines is 2. The van der Waals surface area contributed by atoms with Crippen LogP contribution in [-0.2, 0) is 21.5 Å². The number of nitrogens with one attached hydrogen (secondary N) is 6. The molecule has 2 aromatic heterocycles. The fraction of sp³-hybridized carbons (Fsp3) is 0.515. The Balaban J connectivity index is 1.51. The second-order valence-corrected chi connectivity index (χ2v) is 13.0. The fourth-order valence-electron chi connectivity index (χ4n) is 5.58. The Bertz CT molecular complexity index is 1510. The van der Waals surface area contributed by atoms with Crippen LogP contribution in [-0.4, -0.2) is 59.5 Å². The third-order valence-corrected chi connectivity index (χ3v) is 8.05. The van der Waals surface area contributed by atoms with E-state index in [1.165, 1.54) is 0 Å². The van der Waals surface area contributed by atoms with Crippen molar-refractivity contribution in [2.45, 2.75) is 84.0 Å². The molecule has 4 rings (SSSR count). The van der Waals surface area contributed by atoms with Crippen LogP contribution >= 0.6 is 0 Å². The van der Waals surface area contributed by atoms with Crippen molar-refractivity contribution in [2.24, 2.45) is 11.8 Å². The number of amides is 3. The maximum atomic E-state index is 13.8. The molecule has 0 bridgehead atoms. The van der Waals surface area contributed by atoms with E-state index >= 15 is 0 Å². The minimum atomic E-state index is -0.854. The van der Waals surface area contributed by atoms with Crippen molar-refractivity contribution in [1.82, 2.24) is 31.2 Å².